The van der Waals surface area contributed by atoms with Gasteiger partial charge in [-0.3, -0.25) is 9.59 Å². The molecule has 2 aromatic carbocycles. The summed E-state index contributed by atoms with van der Waals surface area (Å²) in [5.41, 5.74) is 1.91. The zero-order valence-electron chi connectivity index (χ0n) is 25.7. The monoisotopic (exact) mass is 628 g/mol. The number of halogens is 3. The fourth-order valence-electron chi connectivity index (χ4n) is 4.54. The molecule has 6 bridgehead atoms. The second-order valence-electron chi connectivity index (χ2n) is 12.1. The molecule has 0 atom stereocenters. The molecule has 4 aliphatic heterocycles. The number of aromatic nitrogens is 3. The number of benzene rings is 2. The van der Waals surface area contributed by atoms with Crippen molar-refractivity contribution in [2.75, 3.05) is 38.2 Å². The summed E-state index contributed by atoms with van der Waals surface area (Å²) in [6.07, 6.45) is -2.54. The van der Waals surface area contributed by atoms with E-state index < -0.39 is 18.8 Å². The summed E-state index contributed by atoms with van der Waals surface area (Å²) in [5, 5.41) is 5.94. The molecule has 0 saturated carbocycles. The topological polar surface area (TPSA) is 119 Å². The fourth-order valence-corrected chi connectivity index (χ4v) is 4.54. The SMILES string of the molecule is CC(C)(C)CC(=O)N1CCCCNC(=O)c2ccc(cc2)Cc2nc(nc(OCC(F)(F)F)n2)NCc2ccc(cc2)OCC1. The van der Waals surface area contributed by atoms with Crippen LogP contribution in [0.2, 0.25) is 0 Å². The van der Waals surface area contributed by atoms with Crippen molar-refractivity contribution in [1.82, 2.24) is 25.2 Å². The summed E-state index contributed by atoms with van der Waals surface area (Å²) >= 11 is 0. The predicted octanol–water partition coefficient (Wildman–Crippen LogP) is 5.18. The summed E-state index contributed by atoms with van der Waals surface area (Å²) < 4.78 is 49.2. The lowest BCUT2D eigenvalue weighted by molar-refractivity contribution is -0.154. The van der Waals surface area contributed by atoms with Crippen molar-refractivity contribution in [2.45, 2.75) is 59.2 Å². The molecular formula is C32H39F3N6O4. The Morgan fingerprint density at radius 2 is 1.64 bits per heavy atom. The molecule has 0 spiro atoms. The predicted molar refractivity (Wildman–Crippen MR) is 162 cm³/mol. The summed E-state index contributed by atoms with van der Waals surface area (Å²) in [6.45, 7) is 6.58. The first-order chi connectivity index (χ1) is 21.3. The number of ether oxygens (including phenoxy) is 2. The Labute approximate surface area is 260 Å². The van der Waals surface area contributed by atoms with Crippen LogP contribution >= 0.6 is 0 Å². The minimum Gasteiger partial charge on any atom is -0.492 e. The third kappa shape index (κ3) is 11.5. The Balaban J connectivity index is 1.54. The molecule has 45 heavy (non-hydrogen) atoms. The molecule has 3 aromatic rings. The lowest BCUT2D eigenvalue weighted by Crippen LogP contribution is -2.37. The molecule has 0 aliphatic carbocycles. The average molecular weight is 629 g/mol. The quantitative estimate of drug-likeness (QED) is 0.407. The molecule has 10 nitrogen and oxygen atoms in total. The third-order valence-electron chi connectivity index (χ3n) is 6.78. The van der Waals surface area contributed by atoms with Crippen LogP contribution in [-0.4, -0.2) is 70.7 Å². The van der Waals surface area contributed by atoms with Crippen LogP contribution < -0.4 is 20.1 Å². The first kappa shape index (κ1) is 33.5. The fraction of sp³-hybridized carbons (Fsp3) is 0.469. The third-order valence-corrected chi connectivity index (χ3v) is 6.78. The second kappa shape index (κ2) is 15.0. The number of alkyl halides is 3. The molecule has 1 aromatic heterocycles. The highest BCUT2D eigenvalue weighted by Gasteiger charge is 2.29. The zero-order valence-corrected chi connectivity index (χ0v) is 25.7. The number of carbonyl (C=O) groups is 2. The van der Waals surface area contributed by atoms with Gasteiger partial charge in [0.25, 0.3) is 5.91 Å². The maximum absolute atomic E-state index is 13.0. The highest BCUT2D eigenvalue weighted by Crippen LogP contribution is 2.21. The summed E-state index contributed by atoms with van der Waals surface area (Å²) in [7, 11) is 0. The van der Waals surface area contributed by atoms with Crippen molar-refractivity contribution in [1.29, 1.82) is 0 Å². The first-order valence-corrected chi connectivity index (χ1v) is 14.9. The van der Waals surface area contributed by atoms with Crippen molar-refractivity contribution in [3.8, 4) is 11.8 Å². The van der Waals surface area contributed by atoms with E-state index in [9.17, 15) is 22.8 Å². The number of amides is 2. The van der Waals surface area contributed by atoms with Gasteiger partial charge < -0.3 is 25.0 Å². The maximum Gasteiger partial charge on any atom is 0.422 e. The summed E-state index contributed by atoms with van der Waals surface area (Å²) in [4.78, 5) is 40.0. The molecule has 0 radical (unpaired) electrons. The molecule has 242 valence electrons. The highest BCUT2D eigenvalue weighted by molar-refractivity contribution is 5.94. The number of hydrogen-bond acceptors (Lipinski definition) is 8. The molecule has 0 saturated heterocycles. The Hall–Kier alpha value is -4.42. The van der Waals surface area contributed by atoms with Gasteiger partial charge in [0, 0.05) is 38.0 Å². The van der Waals surface area contributed by atoms with Crippen LogP contribution in [0.1, 0.15) is 67.3 Å². The van der Waals surface area contributed by atoms with Crippen molar-refractivity contribution < 1.29 is 32.2 Å². The summed E-state index contributed by atoms with van der Waals surface area (Å²) in [5.74, 6) is 0.727. The molecule has 2 N–H and O–H groups in total. The van der Waals surface area contributed by atoms with Gasteiger partial charge in [-0.15, -0.1) is 0 Å². The van der Waals surface area contributed by atoms with Crippen LogP contribution in [0.25, 0.3) is 0 Å². The van der Waals surface area contributed by atoms with Gasteiger partial charge in [0.2, 0.25) is 11.9 Å². The maximum atomic E-state index is 13.0. The Bertz CT molecular complexity index is 1430. The smallest absolute Gasteiger partial charge is 0.422 e. The molecule has 0 fully saturated rings. The van der Waals surface area contributed by atoms with Crippen LogP contribution in [-0.2, 0) is 17.8 Å². The molecule has 2 amide bonds. The van der Waals surface area contributed by atoms with Crippen molar-refractivity contribution in [3.05, 3.63) is 71.0 Å². The minimum atomic E-state index is -4.56. The average Bonchev–Trinajstić information content (AvgIpc) is 2.97. The lowest BCUT2D eigenvalue weighted by Gasteiger charge is -2.27. The van der Waals surface area contributed by atoms with Crippen LogP contribution in [0.5, 0.6) is 11.8 Å². The van der Waals surface area contributed by atoms with Gasteiger partial charge in [0.1, 0.15) is 18.2 Å². The van der Waals surface area contributed by atoms with Crippen molar-refractivity contribution >= 4 is 17.8 Å². The van der Waals surface area contributed by atoms with E-state index in [4.69, 9.17) is 9.47 Å². The Morgan fingerprint density at radius 1 is 0.933 bits per heavy atom. The minimum absolute atomic E-state index is 0.0583. The number of carbonyl (C=O) groups excluding carboxylic acids is 2. The van der Waals surface area contributed by atoms with Crippen molar-refractivity contribution in [3.63, 3.8) is 0 Å². The van der Waals surface area contributed by atoms with E-state index in [0.29, 0.717) is 50.4 Å². The standard InChI is InChI=1S/C32H39F3N6O4/c1-31(2,3)19-27(42)41-15-5-4-14-36-28(43)24-10-6-22(7-11-24)18-26-38-29(40-30(39-26)45-21-32(33,34)35)37-20-23-8-12-25(13-9-23)44-17-16-41/h6-13H,4-5,14-21H2,1-3H3,(H,36,43)(H,37,38,39,40). The molecule has 4 aliphatic rings. The number of nitrogens with one attached hydrogen (secondary N) is 2. The molecule has 13 heteroatoms. The highest BCUT2D eigenvalue weighted by atomic mass is 19.4. The van der Waals surface area contributed by atoms with Gasteiger partial charge >= 0.3 is 12.2 Å². The second-order valence-corrected chi connectivity index (χ2v) is 12.1. The van der Waals surface area contributed by atoms with Gasteiger partial charge in [0.05, 0.1) is 6.54 Å². The van der Waals surface area contributed by atoms with Crippen LogP contribution in [0.15, 0.2) is 48.5 Å². The van der Waals surface area contributed by atoms with E-state index >= 15 is 0 Å². The van der Waals surface area contributed by atoms with Crippen LogP contribution in [0.4, 0.5) is 19.1 Å². The Morgan fingerprint density at radius 3 is 2.33 bits per heavy atom. The van der Waals surface area contributed by atoms with E-state index in [2.05, 4.69) is 25.6 Å². The zero-order chi connectivity index (χ0) is 32.5. The molecule has 5 heterocycles. The largest absolute Gasteiger partial charge is 0.492 e. The van der Waals surface area contributed by atoms with E-state index in [1.165, 1.54) is 0 Å². The van der Waals surface area contributed by atoms with Gasteiger partial charge in [0.15, 0.2) is 6.61 Å². The number of nitrogens with zero attached hydrogens (tertiary/aromatic N) is 4. The molecular weight excluding hydrogens is 589 g/mol. The van der Waals surface area contributed by atoms with E-state index in [0.717, 1.165) is 17.5 Å². The molecule has 7 rings (SSSR count). The molecule has 0 unspecified atom stereocenters. The summed E-state index contributed by atoms with van der Waals surface area (Å²) in [6, 6.07) is 13.7. The number of hydrogen-bond donors (Lipinski definition) is 2. The van der Waals surface area contributed by atoms with E-state index in [1.807, 2.05) is 37.8 Å². The van der Waals surface area contributed by atoms with E-state index in [1.54, 1.807) is 36.4 Å². The Kier molecular flexibility index (Phi) is 11.2. The first-order valence-electron chi connectivity index (χ1n) is 14.9. The van der Waals surface area contributed by atoms with Gasteiger partial charge in [-0.05, 0) is 53.6 Å². The van der Waals surface area contributed by atoms with Crippen LogP contribution in [0, 0.1) is 5.41 Å². The van der Waals surface area contributed by atoms with Gasteiger partial charge in [-0.1, -0.05) is 45.0 Å². The lowest BCUT2D eigenvalue weighted by atomic mass is 9.91. The van der Waals surface area contributed by atoms with E-state index in [-0.39, 0.29) is 42.0 Å². The van der Waals surface area contributed by atoms with Gasteiger partial charge in [-0.2, -0.15) is 28.1 Å². The van der Waals surface area contributed by atoms with Crippen molar-refractivity contribution in [2.24, 2.45) is 5.41 Å². The number of anilines is 1. The normalized spacial score (nSPS) is 15.4. The van der Waals surface area contributed by atoms with Gasteiger partial charge in [-0.25, -0.2) is 0 Å². The number of rotatable bonds is 3. The van der Waals surface area contributed by atoms with Crippen LogP contribution in [0.3, 0.4) is 0 Å².